The Labute approximate surface area is 87.7 Å². The highest BCUT2D eigenvalue weighted by atomic mass is 19.1. The molecule has 0 fully saturated rings. The van der Waals surface area contributed by atoms with Gasteiger partial charge >= 0.3 is 5.97 Å². The van der Waals surface area contributed by atoms with Crippen molar-refractivity contribution in [3.63, 3.8) is 0 Å². The summed E-state index contributed by atoms with van der Waals surface area (Å²) in [4.78, 5) is 10.7. The summed E-state index contributed by atoms with van der Waals surface area (Å²) in [5.41, 5.74) is 5.93. The van der Waals surface area contributed by atoms with Crippen molar-refractivity contribution in [3.8, 4) is 0 Å². The molecule has 0 aliphatic rings. The van der Waals surface area contributed by atoms with Crippen LogP contribution in [0.15, 0.2) is 12.1 Å². The first-order chi connectivity index (χ1) is 7.07. The summed E-state index contributed by atoms with van der Waals surface area (Å²) in [5.74, 6) is -1.96. The predicted octanol–water partition coefficient (Wildman–Crippen LogP) is 2.45. The third kappa shape index (κ3) is 2.46. The lowest BCUT2D eigenvalue weighted by molar-refractivity contribution is 0.0691. The average molecular weight is 211 g/mol. The number of carboxylic acids is 1. The second kappa shape index (κ2) is 4.77. The normalized spacial score (nSPS) is 10.3. The molecule has 0 atom stereocenters. The summed E-state index contributed by atoms with van der Waals surface area (Å²) in [5, 5.41) is 8.73. The van der Waals surface area contributed by atoms with E-state index in [2.05, 4.69) is 0 Å². The molecule has 3 nitrogen and oxygen atoms in total. The molecular weight excluding hydrogens is 197 g/mol. The van der Waals surface area contributed by atoms with E-state index in [-0.39, 0.29) is 5.56 Å². The van der Waals surface area contributed by atoms with E-state index in [0.717, 1.165) is 12.8 Å². The second-order valence-electron chi connectivity index (χ2n) is 3.40. The van der Waals surface area contributed by atoms with Gasteiger partial charge in [0.05, 0.1) is 5.56 Å². The zero-order valence-corrected chi connectivity index (χ0v) is 8.59. The van der Waals surface area contributed by atoms with Gasteiger partial charge in [-0.25, -0.2) is 9.18 Å². The summed E-state index contributed by atoms with van der Waals surface area (Å²) in [6.07, 6.45) is 2.19. The molecule has 0 radical (unpaired) electrons. The van der Waals surface area contributed by atoms with Gasteiger partial charge in [-0.1, -0.05) is 13.3 Å². The second-order valence-corrected chi connectivity index (χ2v) is 3.40. The summed E-state index contributed by atoms with van der Waals surface area (Å²) >= 11 is 0. The van der Waals surface area contributed by atoms with Crippen LogP contribution in [0.2, 0.25) is 0 Å². The van der Waals surface area contributed by atoms with Crippen LogP contribution in [0.4, 0.5) is 10.1 Å². The van der Waals surface area contributed by atoms with Gasteiger partial charge in [-0.3, -0.25) is 0 Å². The average Bonchev–Trinajstić information content (AvgIpc) is 2.17. The molecule has 0 saturated carbocycles. The summed E-state index contributed by atoms with van der Waals surface area (Å²) in [7, 11) is 0. The van der Waals surface area contributed by atoms with Gasteiger partial charge in [-0.05, 0) is 25.0 Å². The lowest BCUT2D eigenvalue weighted by Gasteiger charge is -2.08. The highest BCUT2D eigenvalue weighted by Crippen LogP contribution is 2.21. The number of anilines is 1. The van der Waals surface area contributed by atoms with Crippen molar-refractivity contribution in [2.45, 2.75) is 26.2 Å². The van der Waals surface area contributed by atoms with Crippen LogP contribution in [0.5, 0.6) is 0 Å². The Hall–Kier alpha value is -1.58. The fourth-order valence-corrected chi connectivity index (χ4v) is 1.41. The molecule has 0 aliphatic heterocycles. The maximum atomic E-state index is 13.6. The minimum absolute atomic E-state index is 0.310. The van der Waals surface area contributed by atoms with Gasteiger partial charge in [0.15, 0.2) is 0 Å². The smallest absolute Gasteiger partial charge is 0.338 e. The number of nitrogens with two attached hydrogens (primary N) is 1. The zero-order chi connectivity index (χ0) is 11.4. The van der Waals surface area contributed by atoms with Crippen LogP contribution >= 0.6 is 0 Å². The molecule has 0 unspecified atom stereocenters. The highest BCUT2D eigenvalue weighted by Gasteiger charge is 2.15. The minimum atomic E-state index is -1.26. The first kappa shape index (κ1) is 11.5. The van der Waals surface area contributed by atoms with Crippen molar-refractivity contribution < 1.29 is 14.3 Å². The number of aromatic carboxylic acids is 1. The molecule has 0 spiro atoms. The highest BCUT2D eigenvalue weighted by molar-refractivity contribution is 5.88. The topological polar surface area (TPSA) is 63.3 Å². The van der Waals surface area contributed by atoms with Crippen LogP contribution in [0.1, 0.15) is 35.7 Å². The molecule has 0 heterocycles. The molecule has 0 bridgehead atoms. The van der Waals surface area contributed by atoms with E-state index in [4.69, 9.17) is 10.8 Å². The van der Waals surface area contributed by atoms with E-state index in [1.807, 2.05) is 6.92 Å². The predicted molar refractivity (Wildman–Crippen MR) is 56.4 cm³/mol. The zero-order valence-electron chi connectivity index (χ0n) is 8.59. The molecule has 15 heavy (non-hydrogen) atoms. The van der Waals surface area contributed by atoms with Crippen LogP contribution in [0.25, 0.3) is 0 Å². The number of carbonyl (C=O) groups is 1. The molecule has 0 aromatic heterocycles. The van der Waals surface area contributed by atoms with E-state index in [1.165, 1.54) is 12.1 Å². The van der Waals surface area contributed by atoms with Crippen LogP contribution in [0.3, 0.4) is 0 Å². The van der Waals surface area contributed by atoms with Gasteiger partial charge in [-0.15, -0.1) is 0 Å². The van der Waals surface area contributed by atoms with Crippen LogP contribution in [-0.2, 0) is 6.42 Å². The Morgan fingerprint density at radius 3 is 2.73 bits per heavy atom. The minimum Gasteiger partial charge on any atom is -0.478 e. The molecule has 0 aliphatic carbocycles. The van der Waals surface area contributed by atoms with E-state index < -0.39 is 11.8 Å². The molecule has 1 aromatic rings. The molecule has 82 valence electrons. The fraction of sp³-hybridized carbons (Fsp3) is 0.364. The maximum absolute atomic E-state index is 13.6. The van der Waals surface area contributed by atoms with Crippen molar-refractivity contribution in [1.29, 1.82) is 0 Å². The van der Waals surface area contributed by atoms with Crippen molar-refractivity contribution in [1.82, 2.24) is 0 Å². The maximum Gasteiger partial charge on any atom is 0.338 e. The molecule has 0 saturated heterocycles. The van der Waals surface area contributed by atoms with Gasteiger partial charge in [0.25, 0.3) is 0 Å². The standard InChI is InChI=1S/C11H14FNO2/c1-2-3-4-7-9(13)6-5-8(10(7)12)11(14)15/h5-6H,2-4,13H2,1H3,(H,14,15). The van der Waals surface area contributed by atoms with Crippen LogP contribution in [-0.4, -0.2) is 11.1 Å². The lowest BCUT2D eigenvalue weighted by atomic mass is 10.0. The van der Waals surface area contributed by atoms with E-state index >= 15 is 0 Å². The molecule has 1 rings (SSSR count). The monoisotopic (exact) mass is 211 g/mol. The number of carboxylic acid groups (broad SMARTS) is 1. The Morgan fingerprint density at radius 2 is 2.20 bits per heavy atom. The number of halogens is 1. The van der Waals surface area contributed by atoms with E-state index in [9.17, 15) is 9.18 Å². The molecule has 4 heteroatoms. The van der Waals surface area contributed by atoms with Crippen molar-refractivity contribution in [2.24, 2.45) is 0 Å². The Kier molecular flexibility index (Phi) is 3.66. The summed E-state index contributed by atoms with van der Waals surface area (Å²) in [6.45, 7) is 1.98. The fourth-order valence-electron chi connectivity index (χ4n) is 1.41. The van der Waals surface area contributed by atoms with Crippen molar-refractivity contribution in [3.05, 3.63) is 29.1 Å². The Bertz CT molecular complexity index is 377. The number of hydrogen-bond acceptors (Lipinski definition) is 2. The largest absolute Gasteiger partial charge is 0.478 e. The number of rotatable bonds is 4. The summed E-state index contributed by atoms with van der Waals surface area (Å²) < 4.78 is 13.6. The van der Waals surface area contributed by atoms with E-state index in [0.29, 0.717) is 17.7 Å². The van der Waals surface area contributed by atoms with Gasteiger partial charge < -0.3 is 10.8 Å². The van der Waals surface area contributed by atoms with Crippen molar-refractivity contribution in [2.75, 3.05) is 5.73 Å². The number of unbranched alkanes of at least 4 members (excludes halogenated alkanes) is 1. The third-order valence-corrected chi connectivity index (χ3v) is 2.29. The number of hydrogen-bond donors (Lipinski definition) is 2. The molecule has 0 amide bonds. The first-order valence-electron chi connectivity index (χ1n) is 4.88. The first-order valence-corrected chi connectivity index (χ1v) is 4.88. The molecule has 1 aromatic carbocycles. The van der Waals surface area contributed by atoms with E-state index in [1.54, 1.807) is 0 Å². The number of benzene rings is 1. The Balaban J connectivity index is 3.12. The van der Waals surface area contributed by atoms with Gasteiger partial charge in [-0.2, -0.15) is 0 Å². The molecular formula is C11H14FNO2. The SMILES string of the molecule is CCCCc1c(N)ccc(C(=O)O)c1F. The Morgan fingerprint density at radius 1 is 1.53 bits per heavy atom. The third-order valence-electron chi connectivity index (χ3n) is 2.29. The van der Waals surface area contributed by atoms with Crippen molar-refractivity contribution >= 4 is 11.7 Å². The van der Waals surface area contributed by atoms with Gasteiger partial charge in [0, 0.05) is 11.3 Å². The lowest BCUT2D eigenvalue weighted by Crippen LogP contribution is -2.06. The molecule has 3 N–H and O–H groups in total. The van der Waals surface area contributed by atoms with Crippen LogP contribution < -0.4 is 5.73 Å². The number of nitrogen functional groups attached to an aromatic ring is 1. The van der Waals surface area contributed by atoms with Crippen LogP contribution in [0, 0.1) is 5.82 Å². The quantitative estimate of drug-likeness (QED) is 0.752. The van der Waals surface area contributed by atoms with Gasteiger partial charge in [0.1, 0.15) is 5.82 Å². The van der Waals surface area contributed by atoms with Gasteiger partial charge in [0.2, 0.25) is 0 Å². The summed E-state index contributed by atoms with van der Waals surface area (Å²) in [6, 6.07) is 2.64.